The number of anilines is 1. The highest BCUT2D eigenvalue weighted by molar-refractivity contribution is 5.84. The van der Waals surface area contributed by atoms with Crippen LogP contribution >= 0.6 is 0 Å². The summed E-state index contributed by atoms with van der Waals surface area (Å²) in [5.74, 6) is 2.83. The highest BCUT2D eigenvalue weighted by Gasteiger charge is 2.20. The zero-order valence-corrected chi connectivity index (χ0v) is 19.7. The molecule has 0 fully saturated rings. The quantitative estimate of drug-likeness (QED) is 0.511. The first-order valence-electron chi connectivity index (χ1n) is 11.4. The van der Waals surface area contributed by atoms with Crippen molar-refractivity contribution >= 4 is 17.0 Å². The molecule has 2 aromatic heterocycles. The molecule has 0 radical (unpaired) electrons. The summed E-state index contributed by atoms with van der Waals surface area (Å²) in [6.07, 6.45) is 1.07. The third-order valence-electron chi connectivity index (χ3n) is 5.79. The van der Waals surface area contributed by atoms with Crippen LogP contribution in [0.1, 0.15) is 52.7 Å². The summed E-state index contributed by atoms with van der Waals surface area (Å²) < 4.78 is 2.24. The molecule has 0 bridgehead atoms. The SMILES string of the molecule is CCCn1c(C)nc2c(N(CCN(CC)CC)CCN(CC)CC)nc(C)nc21. The number of imidazole rings is 1. The molecule has 0 aliphatic rings. The Labute approximate surface area is 177 Å². The van der Waals surface area contributed by atoms with E-state index in [1.807, 2.05) is 6.92 Å². The van der Waals surface area contributed by atoms with Crippen LogP contribution in [0.15, 0.2) is 0 Å². The van der Waals surface area contributed by atoms with Gasteiger partial charge in [-0.1, -0.05) is 34.6 Å². The summed E-state index contributed by atoms with van der Waals surface area (Å²) in [5.41, 5.74) is 1.92. The average molecular weight is 404 g/mol. The Morgan fingerprint density at radius 1 is 0.724 bits per heavy atom. The number of hydrogen-bond acceptors (Lipinski definition) is 6. The lowest BCUT2D eigenvalue weighted by molar-refractivity contribution is 0.294. The molecule has 0 saturated carbocycles. The van der Waals surface area contributed by atoms with E-state index in [2.05, 4.69) is 60.8 Å². The molecule has 0 unspecified atom stereocenters. The van der Waals surface area contributed by atoms with Crippen molar-refractivity contribution in [2.75, 3.05) is 57.3 Å². The van der Waals surface area contributed by atoms with E-state index in [1.54, 1.807) is 0 Å². The molecule has 0 aliphatic carbocycles. The molecule has 7 heteroatoms. The van der Waals surface area contributed by atoms with E-state index in [-0.39, 0.29) is 0 Å². The van der Waals surface area contributed by atoms with E-state index < -0.39 is 0 Å². The number of fused-ring (bicyclic) bond motifs is 1. The lowest BCUT2D eigenvalue weighted by Gasteiger charge is -2.29. The van der Waals surface area contributed by atoms with Crippen molar-refractivity contribution in [1.82, 2.24) is 29.3 Å². The molecular weight excluding hydrogens is 362 g/mol. The normalized spacial score (nSPS) is 11.9. The molecule has 0 atom stereocenters. The first kappa shape index (κ1) is 23.5. The molecular formula is C22H41N7. The van der Waals surface area contributed by atoms with Crippen LogP contribution in [0, 0.1) is 13.8 Å². The molecule has 164 valence electrons. The van der Waals surface area contributed by atoms with Gasteiger partial charge < -0.3 is 19.3 Å². The Balaban J connectivity index is 2.41. The first-order chi connectivity index (χ1) is 14.0. The summed E-state index contributed by atoms with van der Waals surface area (Å²) in [6.45, 7) is 24.4. The summed E-state index contributed by atoms with van der Waals surface area (Å²) in [5, 5.41) is 0. The summed E-state index contributed by atoms with van der Waals surface area (Å²) in [7, 11) is 0. The van der Waals surface area contributed by atoms with Gasteiger partial charge in [0, 0.05) is 32.7 Å². The Kier molecular flexibility index (Phi) is 9.30. The zero-order valence-electron chi connectivity index (χ0n) is 19.7. The first-order valence-corrected chi connectivity index (χ1v) is 11.4. The van der Waals surface area contributed by atoms with Crippen LogP contribution in [0.3, 0.4) is 0 Å². The topological polar surface area (TPSA) is 53.3 Å². The summed E-state index contributed by atoms with van der Waals surface area (Å²) >= 11 is 0. The van der Waals surface area contributed by atoms with Crippen LogP contribution in [-0.2, 0) is 6.54 Å². The van der Waals surface area contributed by atoms with Crippen LogP contribution in [0.4, 0.5) is 5.82 Å². The van der Waals surface area contributed by atoms with Gasteiger partial charge in [0.05, 0.1) is 0 Å². The van der Waals surface area contributed by atoms with Gasteiger partial charge in [0.25, 0.3) is 0 Å². The predicted octanol–water partition coefficient (Wildman–Crippen LogP) is 3.34. The van der Waals surface area contributed by atoms with Crippen LogP contribution in [0.25, 0.3) is 11.2 Å². The minimum Gasteiger partial charge on any atom is -0.352 e. The molecule has 29 heavy (non-hydrogen) atoms. The van der Waals surface area contributed by atoms with Crippen molar-refractivity contribution in [3.05, 3.63) is 11.6 Å². The maximum absolute atomic E-state index is 4.90. The van der Waals surface area contributed by atoms with Gasteiger partial charge in [-0.25, -0.2) is 15.0 Å². The Morgan fingerprint density at radius 3 is 1.76 bits per heavy atom. The lowest BCUT2D eigenvalue weighted by Crippen LogP contribution is -2.40. The largest absolute Gasteiger partial charge is 0.352 e. The number of rotatable bonds is 13. The highest BCUT2D eigenvalue weighted by Crippen LogP contribution is 2.25. The zero-order chi connectivity index (χ0) is 21.4. The van der Waals surface area contributed by atoms with Crippen molar-refractivity contribution in [2.24, 2.45) is 0 Å². The van der Waals surface area contributed by atoms with Gasteiger partial charge in [0.15, 0.2) is 17.0 Å². The fraction of sp³-hybridized carbons (Fsp3) is 0.773. The second-order valence-electron chi connectivity index (χ2n) is 7.62. The van der Waals surface area contributed by atoms with Crippen molar-refractivity contribution in [3.63, 3.8) is 0 Å². The average Bonchev–Trinajstić information content (AvgIpc) is 3.03. The second-order valence-corrected chi connectivity index (χ2v) is 7.62. The van der Waals surface area contributed by atoms with Gasteiger partial charge in [-0.3, -0.25) is 0 Å². The predicted molar refractivity (Wildman–Crippen MR) is 123 cm³/mol. The maximum atomic E-state index is 4.90. The van der Waals surface area contributed by atoms with E-state index >= 15 is 0 Å². The molecule has 0 spiro atoms. The van der Waals surface area contributed by atoms with Crippen LogP contribution < -0.4 is 4.90 Å². The third-order valence-corrected chi connectivity index (χ3v) is 5.79. The van der Waals surface area contributed by atoms with Gasteiger partial charge in [-0.15, -0.1) is 0 Å². The fourth-order valence-corrected chi connectivity index (χ4v) is 3.84. The monoisotopic (exact) mass is 403 g/mol. The molecule has 2 heterocycles. The lowest BCUT2D eigenvalue weighted by atomic mass is 10.3. The maximum Gasteiger partial charge on any atom is 0.165 e. The van der Waals surface area contributed by atoms with E-state index in [4.69, 9.17) is 15.0 Å². The van der Waals surface area contributed by atoms with Crippen LogP contribution in [0.2, 0.25) is 0 Å². The molecule has 2 rings (SSSR count). The minimum atomic E-state index is 0.820. The van der Waals surface area contributed by atoms with Gasteiger partial charge in [-0.2, -0.15) is 0 Å². The van der Waals surface area contributed by atoms with Gasteiger partial charge in [0.1, 0.15) is 11.6 Å². The molecule has 0 aromatic carbocycles. The number of nitrogens with zero attached hydrogens (tertiary/aromatic N) is 7. The van der Waals surface area contributed by atoms with Crippen LogP contribution in [0.5, 0.6) is 0 Å². The number of hydrogen-bond donors (Lipinski definition) is 0. The van der Waals surface area contributed by atoms with Crippen molar-refractivity contribution < 1.29 is 0 Å². The number of aryl methyl sites for hydroxylation is 3. The standard InChI is InChI=1S/C22H41N7/c1-8-13-29-19(7)25-20-21(23-18(6)24-22(20)29)28(16-14-26(9-2)10-3)17-15-27(11-4)12-5/h8-17H2,1-7H3. The Morgan fingerprint density at radius 2 is 1.28 bits per heavy atom. The van der Waals surface area contributed by atoms with E-state index in [0.717, 1.165) is 94.0 Å². The van der Waals surface area contributed by atoms with Gasteiger partial charge in [-0.05, 0) is 46.4 Å². The Bertz CT molecular complexity index is 731. The Hall–Kier alpha value is -1.73. The molecule has 0 aliphatic heterocycles. The molecule has 0 N–H and O–H groups in total. The van der Waals surface area contributed by atoms with Crippen molar-refractivity contribution in [2.45, 2.75) is 61.4 Å². The van der Waals surface area contributed by atoms with E-state index in [0.29, 0.717) is 0 Å². The summed E-state index contributed by atoms with van der Waals surface area (Å²) in [6, 6.07) is 0. The fourth-order valence-electron chi connectivity index (χ4n) is 3.84. The number of aromatic nitrogens is 4. The third kappa shape index (κ3) is 5.89. The second kappa shape index (κ2) is 11.5. The van der Waals surface area contributed by atoms with Crippen molar-refractivity contribution in [3.8, 4) is 0 Å². The highest BCUT2D eigenvalue weighted by atomic mass is 15.3. The molecule has 2 aromatic rings. The van der Waals surface area contributed by atoms with Gasteiger partial charge in [0.2, 0.25) is 0 Å². The minimum absolute atomic E-state index is 0.820. The summed E-state index contributed by atoms with van der Waals surface area (Å²) in [4.78, 5) is 21.9. The van der Waals surface area contributed by atoms with Gasteiger partial charge >= 0.3 is 0 Å². The van der Waals surface area contributed by atoms with Crippen LogP contribution in [-0.4, -0.2) is 81.7 Å². The van der Waals surface area contributed by atoms with Crippen molar-refractivity contribution in [1.29, 1.82) is 0 Å². The molecule has 0 amide bonds. The molecule has 0 saturated heterocycles. The number of likely N-dealkylation sites (N-methyl/N-ethyl adjacent to an activating group) is 2. The van der Waals surface area contributed by atoms with E-state index in [1.165, 1.54) is 0 Å². The molecule has 7 nitrogen and oxygen atoms in total. The van der Waals surface area contributed by atoms with E-state index in [9.17, 15) is 0 Å². The smallest absolute Gasteiger partial charge is 0.165 e.